The van der Waals surface area contributed by atoms with Crippen molar-refractivity contribution < 1.29 is 0 Å². The Morgan fingerprint density at radius 3 is 3.00 bits per heavy atom. The van der Waals surface area contributed by atoms with Gasteiger partial charge in [-0.15, -0.1) is 0 Å². The third-order valence-electron chi connectivity index (χ3n) is 2.44. The van der Waals surface area contributed by atoms with Crippen molar-refractivity contribution >= 4 is 21.4 Å². The molecule has 0 unspecified atom stereocenters. The van der Waals surface area contributed by atoms with Crippen molar-refractivity contribution in [2.24, 2.45) is 0 Å². The Morgan fingerprint density at radius 1 is 1.38 bits per heavy atom. The molecule has 0 aromatic carbocycles. The first-order chi connectivity index (χ1) is 6.33. The molecule has 0 N–H and O–H groups in total. The molecule has 13 heavy (non-hydrogen) atoms. The topological polar surface area (TPSA) is 17.3 Å². The van der Waals surface area contributed by atoms with Crippen LogP contribution in [0.5, 0.6) is 0 Å². The average Bonchev–Trinajstić information content (AvgIpc) is 2.87. The maximum Gasteiger partial charge on any atom is 0.0675 e. The molecule has 2 aromatic heterocycles. The molecule has 0 saturated heterocycles. The van der Waals surface area contributed by atoms with Crippen molar-refractivity contribution in [1.29, 1.82) is 0 Å². The second kappa shape index (κ2) is 2.58. The molecule has 1 aliphatic rings. The van der Waals surface area contributed by atoms with Crippen LogP contribution in [0.1, 0.15) is 24.5 Å². The lowest BCUT2D eigenvalue weighted by Gasteiger charge is -1.91. The van der Waals surface area contributed by atoms with Crippen LogP contribution in [-0.2, 0) is 0 Å². The van der Waals surface area contributed by atoms with E-state index in [2.05, 4.69) is 33.2 Å². The van der Waals surface area contributed by atoms with Crippen molar-refractivity contribution in [3.8, 4) is 0 Å². The Morgan fingerprint density at radius 2 is 2.23 bits per heavy atom. The number of fused-ring (bicyclic) bond motifs is 1. The Kier molecular flexibility index (Phi) is 1.50. The van der Waals surface area contributed by atoms with Gasteiger partial charge in [-0.1, -0.05) is 15.9 Å². The molecule has 0 atom stereocenters. The highest BCUT2D eigenvalue weighted by molar-refractivity contribution is 9.10. The molecule has 3 heteroatoms. The zero-order chi connectivity index (χ0) is 8.84. The minimum Gasteiger partial charge on any atom is -0.241 e. The van der Waals surface area contributed by atoms with Crippen molar-refractivity contribution in [2.75, 3.05) is 0 Å². The minimum absolute atomic E-state index is 0.735. The fourth-order valence-electron chi connectivity index (χ4n) is 1.57. The predicted octanol–water partition coefficient (Wildman–Crippen LogP) is 2.97. The molecule has 0 amide bonds. The van der Waals surface area contributed by atoms with Gasteiger partial charge in [0, 0.05) is 16.6 Å². The van der Waals surface area contributed by atoms with Crippen LogP contribution in [-0.4, -0.2) is 9.61 Å². The highest BCUT2D eigenvalue weighted by Crippen LogP contribution is 2.39. The van der Waals surface area contributed by atoms with Crippen molar-refractivity contribution in [3.05, 3.63) is 34.6 Å². The van der Waals surface area contributed by atoms with Crippen molar-refractivity contribution in [3.63, 3.8) is 0 Å². The first-order valence-corrected chi connectivity index (χ1v) is 5.27. The molecule has 0 bridgehead atoms. The SMILES string of the molecule is Brc1ccn2nc(C3CC3)cc2c1. The smallest absolute Gasteiger partial charge is 0.0675 e. The summed E-state index contributed by atoms with van der Waals surface area (Å²) in [5.41, 5.74) is 2.43. The lowest BCUT2D eigenvalue weighted by molar-refractivity contribution is 0.891. The Hall–Kier alpha value is -0.830. The van der Waals surface area contributed by atoms with Gasteiger partial charge >= 0.3 is 0 Å². The lowest BCUT2D eigenvalue weighted by atomic mass is 10.3. The van der Waals surface area contributed by atoms with E-state index in [4.69, 9.17) is 0 Å². The summed E-state index contributed by atoms with van der Waals surface area (Å²) in [5, 5.41) is 4.51. The van der Waals surface area contributed by atoms with Crippen LogP contribution in [0.2, 0.25) is 0 Å². The molecule has 0 aliphatic heterocycles. The number of aromatic nitrogens is 2. The number of hydrogen-bond acceptors (Lipinski definition) is 1. The summed E-state index contributed by atoms with van der Waals surface area (Å²) in [6.07, 6.45) is 4.61. The van der Waals surface area contributed by atoms with Gasteiger partial charge in [-0.05, 0) is 31.0 Å². The number of hydrogen-bond donors (Lipinski definition) is 0. The van der Waals surface area contributed by atoms with Gasteiger partial charge in [0.25, 0.3) is 0 Å². The molecule has 2 heterocycles. The third kappa shape index (κ3) is 1.27. The fourth-order valence-corrected chi connectivity index (χ4v) is 1.92. The summed E-state index contributed by atoms with van der Waals surface area (Å²) in [6.45, 7) is 0. The van der Waals surface area contributed by atoms with Gasteiger partial charge in [0.15, 0.2) is 0 Å². The molecule has 1 aliphatic carbocycles. The summed E-state index contributed by atoms with van der Waals surface area (Å²) in [4.78, 5) is 0. The van der Waals surface area contributed by atoms with E-state index in [9.17, 15) is 0 Å². The molecular weight excluding hydrogens is 228 g/mol. The number of nitrogens with zero attached hydrogens (tertiary/aromatic N) is 2. The monoisotopic (exact) mass is 236 g/mol. The quantitative estimate of drug-likeness (QED) is 0.745. The Labute approximate surface area is 84.7 Å². The normalized spacial score (nSPS) is 16.7. The first kappa shape index (κ1) is 7.56. The standard InChI is InChI=1S/C10H9BrN2/c11-8-3-4-13-9(5-8)6-10(12-13)7-1-2-7/h3-7H,1-2H2. The second-order valence-electron chi connectivity index (χ2n) is 3.56. The highest BCUT2D eigenvalue weighted by Gasteiger charge is 2.26. The molecule has 1 saturated carbocycles. The van der Waals surface area contributed by atoms with E-state index in [1.54, 1.807) is 0 Å². The largest absolute Gasteiger partial charge is 0.241 e. The van der Waals surface area contributed by atoms with Crippen LogP contribution in [0.15, 0.2) is 28.9 Å². The van der Waals surface area contributed by atoms with E-state index < -0.39 is 0 Å². The third-order valence-corrected chi connectivity index (χ3v) is 2.93. The van der Waals surface area contributed by atoms with E-state index in [0.29, 0.717) is 0 Å². The summed E-state index contributed by atoms with van der Waals surface area (Å²) < 4.78 is 3.06. The number of pyridine rings is 1. The second-order valence-corrected chi connectivity index (χ2v) is 4.47. The van der Waals surface area contributed by atoms with Gasteiger partial charge in [-0.2, -0.15) is 5.10 Å². The Balaban J connectivity index is 2.20. The van der Waals surface area contributed by atoms with E-state index in [0.717, 1.165) is 10.4 Å². The molecule has 0 radical (unpaired) electrons. The molecule has 2 aromatic rings. The maximum atomic E-state index is 4.51. The zero-order valence-corrected chi connectivity index (χ0v) is 8.66. The van der Waals surface area contributed by atoms with E-state index >= 15 is 0 Å². The fraction of sp³-hybridized carbons (Fsp3) is 0.300. The maximum absolute atomic E-state index is 4.51. The average molecular weight is 237 g/mol. The van der Waals surface area contributed by atoms with Gasteiger partial charge in [0.2, 0.25) is 0 Å². The van der Waals surface area contributed by atoms with E-state index in [1.807, 2.05) is 16.8 Å². The summed E-state index contributed by atoms with van der Waals surface area (Å²) in [5.74, 6) is 0.735. The van der Waals surface area contributed by atoms with Crippen LogP contribution < -0.4 is 0 Å². The molecule has 2 nitrogen and oxygen atoms in total. The van der Waals surface area contributed by atoms with E-state index in [1.165, 1.54) is 24.1 Å². The summed E-state index contributed by atoms with van der Waals surface area (Å²) in [6, 6.07) is 6.29. The van der Waals surface area contributed by atoms with Gasteiger partial charge in [0.1, 0.15) is 0 Å². The van der Waals surface area contributed by atoms with Crippen molar-refractivity contribution in [2.45, 2.75) is 18.8 Å². The van der Waals surface area contributed by atoms with Crippen LogP contribution >= 0.6 is 15.9 Å². The highest BCUT2D eigenvalue weighted by atomic mass is 79.9. The summed E-state index contributed by atoms with van der Waals surface area (Å²) >= 11 is 3.45. The van der Waals surface area contributed by atoms with Crippen LogP contribution in [0.3, 0.4) is 0 Å². The Bertz CT molecular complexity index is 457. The summed E-state index contributed by atoms with van der Waals surface area (Å²) in [7, 11) is 0. The molecule has 0 spiro atoms. The minimum atomic E-state index is 0.735. The van der Waals surface area contributed by atoms with Crippen LogP contribution in [0, 0.1) is 0 Å². The molecular formula is C10H9BrN2. The predicted molar refractivity (Wildman–Crippen MR) is 54.9 cm³/mol. The van der Waals surface area contributed by atoms with Gasteiger partial charge in [-0.25, -0.2) is 4.52 Å². The van der Waals surface area contributed by atoms with Crippen LogP contribution in [0.25, 0.3) is 5.52 Å². The van der Waals surface area contributed by atoms with E-state index in [-0.39, 0.29) is 0 Å². The van der Waals surface area contributed by atoms with Gasteiger partial charge < -0.3 is 0 Å². The van der Waals surface area contributed by atoms with Crippen LogP contribution in [0.4, 0.5) is 0 Å². The molecule has 3 rings (SSSR count). The first-order valence-electron chi connectivity index (χ1n) is 4.48. The van der Waals surface area contributed by atoms with Crippen molar-refractivity contribution in [1.82, 2.24) is 9.61 Å². The number of halogens is 1. The zero-order valence-electron chi connectivity index (χ0n) is 7.07. The van der Waals surface area contributed by atoms with Gasteiger partial charge in [0.05, 0.1) is 11.2 Å². The number of rotatable bonds is 1. The lowest BCUT2D eigenvalue weighted by Crippen LogP contribution is -1.86. The van der Waals surface area contributed by atoms with Gasteiger partial charge in [-0.3, -0.25) is 0 Å². The molecule has 1 fully saturated rings. The molecule has 66 valence electrons.